The summed E-state index contributed by atoms with van der Waals surface area (Å²) in [7, 11) is 0. The van der Waals surface area contributed by atoms with E-state index in [4.69, 9.17) is 0 Å². The molecule has 1 aromatic heterocycles. The number of carbonyl (C=O) groups excluding carboxylic acids is 2. The highest BCUT2D eigenvalue weighted by Crippen LogP contribution is 2.41. The predicted molar refractivity (Wildman–Crippen MR) is 115 cm³/mol. The van der Waals surface area contributed by atoms with Gasteiger partial charge in [0.2, 0.25) is 5.91 Å². The van der Waals surface area contributed by atoms with Crippen LogP contribution < -0.4 is 5.32 Å². The Balaban J connectivity index is 1.31. The Morgan fingerprint density at radius 3 is 2.77 bits per heavy atom. The van der Waals surface area contributed by atoms with Crippen molar-refractivity contribution in [2.45, 2.75) is 50.6 Å². The van der Waals surface area contributed by atoms with Gasteiger partial charge in [0.1, 0.15) is 0 Å². The maximum atomic E-state index is 13.1. The van der Waals surface area contributed by atoms with E-state index in [1.54, 1.807) is 24.5 Å². The highest BCUT2D eigenvalue weighted by atomic mass is 16.2. The van der Waals surface area contributed by atoms with Crippen LogP contribution >= 0.6 is 0 Å². The van der Waals surface area contributed by atoms with E-state index in [1.165, 1.54) is 25.7 Å². The van der Waals surface area contributed by atoms with Crippen LogP contribution in [0.15, 0.2) is 36.7 Å². The lowest BCUT2D eigenvalue weighted by atomic mass is 9.72. The number of nitrogens with zero attached hydrogens (tertiary/aromatic N) is 3. The molecule has 1 aromatic rings. The molecule has 4 aliphatic rings. The van der Waals surface area contributed by atoms with E-state index < -0.39 is 0 Å². The second kappa shape index (κ2) is 8.50. The Morgan fingerprint density at radius 2 is 1.97 bits per heavy atom. The lowest BCUT2D eigenvalue weighted by Gasteiger charge is -2.57. The van der Waals surface area contributed by atoms with Gasteiger partial charge < -0.3 is 10.2 Å². The number of rotatable bonds is 4. The molecule has 3 aliphatic heterocycles. The molecular formula is C24H32N4O2. The first-order chi connectivity index (χ1) is 14.7. The number of hydrogen-bond donors (Lipinski definition) is 1. The molecule has 6 heteroatoms. The van der Waals surface area contributed by atoms with Gasteiger partial charge in [0.15, 0.2) is 0 Å². The van der Waals surface area contributed by atoms with E-state index in [1.807, 2.05) is 0 Å². The predicted octanol–water partition coefficient (Wildman–Crippen LogP) is 2.48. The van der Waals surface area contributed by atoms with E-state index in [9.17, 15) is 9.59 Å². The van der Waals surface area contributed by atoms with Crippen molar-refractivity contribution in [1.29, 1.82) is 0 Å². The Kier molecular flexibility index (Phi) is 5.59. The van der Waals surface area contributed by atoms with E-state index >= 15 is 0 Å². The number of piperidine rings is 3. The molecule has 1 aliphatic carbocycles. The summed E-state index contributed by atoms with van der Waals surface area (Å²) in [6.45, 7) is 3.52. The van der Waals surface area contributed by atoms with Crippen LogP contribution in [0.3, 0.4) is 0 Å². The molecule has 3 saturated heterocycles. The number of allylic oxidation sites excluding steroid dienone is 2. The Labute approximate surface area is 178 Å². The third-order valence-electron chi connectivity index (χ3n) is 7.69. The first-order valence-corrected chi connectivity index (χ1v) is 11.6. The van der Waals surface area contributed by atoms with Gasteiger partial charge in [-0.2, -0.15) is 0 Å². The highest BCUT2D eigenvalue weighted by Gasteiger charge is 2.48. The molecule has 3 fully saturated rings. The molecule has 0 aromatic carbocycles. The summed E-state index contributed by atoms with van der Waals surface area (Å²) in [6.07, 6.45) is 14.3. The van der Waals surface area contributed by atoms with Crippen LogP contribution in [0, 0.1) is 17.8 Å². The van der Waals surface area contributed by atoms with Gasteiger partial charge >= 0.3 is 0 Å². The molecule has 2 bridgehead atoms. The first kappa shape index (κ1) is 19.7. The Morgan fingerprint density at radius 1 is 1.13 bits per heavy atom. The molecule has 30 heavy (non-hydrogen) atoms. The molecule has 4 heterocycles. The molecule has 4 atom stereocenters. The summed E-state index contributed by atoms with van der Waals surface area (Å²) < 4.78 is 0. The lowest BCUT2D eigenvalue weighted by molar-refractivity contribution is -0.144. The van der Waals surface area contributed by atoms with Gasteiger partial charge in [-0.15, -0.1) is 0 Å². The molecule has 1 N–H and O–H groups in total. The summed E-state index contributed by atoms with van der Waals surface area (Å²) in [5, 5.41) is 3.17. The van der Waals surface area contributed by atoms with Crippen molar-refractivity contribution in [3.8, 4) is 0 Å². The zero-order valence-corrected chi connectivity index (χ0v) is 17.6. The number of hydrogen-bond acceptors (Lipinski definition) is 4. The van der Waals surface area contributed by atoms with Gasteiger partial charge in [-0.1, -0.05) is 18.6 Å². The maximum Gasteiger partial charge on any atom is 0.252 e. The second-order valence-electron chi connectivity index (χ2n) is 9.46. The van der Waals surface area contributed by atoms with Crippen LogP contribution in [0.25, 0.3) is 0 Å². The third-order valence-corrected chi connectivity index (χ3v) is 7.69. The third kappa shape index (κ3) is 3.78. The molecule has 0 radical (unpaired) electrons. The van der Waals surface area contributed by atoms with Crippen molar-refractivity contribution in [2.75, 3.05) is 26.2 Å². The highest BCUT2D eigenvalue weighted by molar-refractivity contribution is 5.93. The van der Waals surface area contributed by atoms with Crippen molar-refractivity contribution in [2.24, 2.45) is 17.8 Å². The molecule has 160 valence electrons. The van der Waals surface area contributed by atoms with Crippen molar-refractivity contribution in [3.05, 3.63) is 42.2 Å². The lowest BCUT2D eigenvalue weighted by Crippen LogP contribution is -2.66. The SMILES string of the molecule is O=C(NC[C@H]1[C@H]2C[C@H](CN(C(=O)C3CC=CC3)C2)[C@@H]2CCCCN21)c1cccnc1. The van der Waals surface area contributed by atoms with Gasteiger partial charge in [0, 0.05) is 50.0 Å². The summed E-state index contributed by atoms with van der Waals surface area (Å²) in [5.74, 6) is 1.45. The number of fused-ring (bicyclic) bond motifs is 4. The monoisotopic (exact) mass is 408 g/mol. The molecular weight excluding hydrogens is 376 g/mol. The van der Waals surface area contributed by atoms with Crippen molar-refractivity contribution in [1.82, 2.24) is 20.1 Å². The van der Waals surface area contributed by atoms with Gasteiger partial charge in [0.25, 0.3) is 5.91 Å². The van der Waals surface area contributed by atoms with Gasteiger partial charge in [0.05, 0.1) is 5.56 Å². The van der Waals surface area contributed by atoms with E-state index in [0.717, 1.165) is 32.5 Å². The Bertz CT molecular complexity index is 803. The zero-order chi connectivity index (χ0) is 20.5. The number of aromatic nitrogens is 1. The fourth-order valence-electron chi connectivity index (χ4n) is 6.24. The zero-order valence-electron chi connectivity index (χ0n) is 17.6. The number of pyridine rings is 1. The maximum absolute atomic E-state index is 13.1. The number of nitrogens with one attached hydrogen (secondary N) is 1. The largest absolute Gasteiger partial charge is 0.350 e. The Hall–Kier alpha value is -2.21. The minimum Gasteiger partial charge on any atom is -0.350 e. The van der Waals surface area contributed by atoms with Gasteiger partial charge in [-0.25, -0.2) is 0 Å². The smallest absolute Gasteiger partial charge is 0.252 e. The van der Waals surface area contributed by atoms with Crippen LogP contribution in [0.1, 0.15) is 48.9 Å². The van der Waals surface area contributed by atoms with E-state index in [2.05, 4.69) is 32.3 Å². The van der Waals surface area contributed by atoms with Crippen LogP contribution in [-0.4, -0.2) is 64.9 Å². The quantitative estimate of drug-likeness (QED) is 0.778. The molecule has 2 amide bonds. The normalized spacial score (nSPS) is 31.4. The molecule has 0 spiro atoms. The minimum atomic E-state index is -0.0560. The standard InChI is InChI=1S/C24H32N4O2/c29-23(18-8-5-10-25-13-18)26-14-22-20-12-19(21-9-3-4-11-28(21)22)15-27(16-20)24(30)17-6-1-2-7-17/h1-2,5,8,10,13,17,19-22H,3-4,6-7,9,11-12,14-16H2,(H,26,29)/t19-,20+,21+,22+/m1/s1. The van der Waals surface area contributed by atoms with E-state index in [0.29, 0.717) is 41.9 Å². The first-order valence-electron chi connectivity index (χ1n) is 11.6. The summed E-state index contributed by atoms with van der Waals surface area (Å²) in [4.78, 5) is 34.7. The molecule has 0 saturated carbocycles. The average molecular weight is 409 g/mol. The molecule has 6 nitrogen and oxygen atoms in total. The molecule has 0 unspecified atom stereocenters. The van der Waals surface area contributed by atoms with E-state index in [-0.39, 0.29) is 11.8 Å². The topological polar surface area (TPSA) is 65.5 Å². The van der Waals surface area contributed by atoms with Crippen LogP contribution in [-0.2, 0) is 4.79 Å². The summed E-state index contributed by atoms with van der Waals surface area (Å²) >= 11 is 0. The number of amides is 2. The summed E-state index contributed by atoms with van der Waals surface area (Å²) in [5.41, 5.74) is 0.607. The minimum absolute atomic E-state index is 0.0560. The number of likely N-dealkylation sites (tertiary alicyclic amines) is 1. The van der Waals surface area contributed by atoms with Gasteiger partial charge in [-0.3, -0.25) is 19.5 Å². The fraction of sp³-hybridized carbons (Fsp3) is 0.625. The number of carbonyl (C=O) groups is 2. The second-order valence-corrected chi connectivity index (χ2v) is 9.46. The van der Waals surface area contributed by atoms with Crippen molar-refractivity contribution in [3.63, 3.8) is 0 Å². The van der Waals surface area contributed by atoms with Gasteiger partial charge in [-0.05, 0) is 62.6 Å². The summed E-state index contributed by atoms with van der Waals surface area (Å²) in [6, 6.07) is 4.46. The van der Waals surface area contributed by atoms with Crippen molar-refractivity contribution >= 4 is 11.8 Å². The van der Waals surface area contributed by atoms with Crippen LogP contribution in [0.2, 0.25) is 0 Å². The fourth-order valence-corrected chi connectivity index (χ4v) is 6.24. The van der Waals surface area contributed by atoms with Crippen molar-refractivity contribution < 1.29 is 9.59 Å². The van der Waals surface area contributed by atoms with Crippen LogP contribution in [0.5, 0.6) is 0 Å². The van der Waals surface area contributed by atoms with Crippen LogP contribution in [0.4, 0.5) is 0 Å². The molecule has 5 rings (SSSR count). The average Bonchev–Trinajstić information content (AvgIpc) is 3.34.